The number of anilines is 1. The second kappa shape index (κ2) is 5.96. The van der Waals surface area contributed by atoms with E-state index in [-0.39, 0.29) is 6.04 Å². The molecule has 0 aliphatic carbocycles. The molecule has 1 nitrogen and oxygen atoms in total. The second-order valence-electron chi connectivity index (χ2n) is 4.04. The van der Waals surface area contributed by atoms with Gasteiger partial charge in [-0.15, -0.1) is 0 Å². The standard InChI is InChI=1S/C14H12BrCl2N/c1-9(13-7-2-10(15)8-14(13)17)18-12-5-3-11(16)4-6-12/h2-9,18H,1H3. The predicted octanol–water partition coefficient (Wildman–Crippen LogP) is 5.93. The Hall–Kier alpha value is -0.700. The highest BCUT2D eigenvalue weighted by molar-refractivity contribution is 9.10. The minimum absolute atomic E-state index is 0.131. The molecule has 94 valence electrons. The van der Waals surface area contributed by atoms with E-state index in [4.69, 9.17) is 23.2 Å². The molecule has 1 unspecified atom stereocenters. The first kappa shape index (κ1) is 13.7. The van der Waals surface area contributed by atoms with Gasteiger partial charge in [0.2, 0.25) is 0 Å². The molecule has 0 aliphatic heterocycles. The molecule has 1 atom stereocenters. The molecular formula is C14H12BrCl2N. The Morgan fingerprint density at radius 1 is 1.06 bits per heavy atom. The maximum absolute atomic E-state index is 6.22. The third kappa shape index (κ3) is 3.41. The van der Waals surface area contributed by atoms with Crippen molar-refractivity contribution in [2.24, 2.45) is 0 Å². The van der Waals surface area contributed by atoms with Gasteiger partial charge in [-0.3, -0.25) is 0 Å². The third-order valence-corrected chi connectivity index (χ3v) is 3.73. The summed E-state index contributed by atoms with van der Waals surface area (Å²) < 4.78 is 0.981. The Kier molecular flexibility index (Phi) is 4.55. The first-order valence-corrected chi connectivity index (χ1v) is 7.08. The Morgan fingerprint density at radius 3 is 2.33 bits per heavy atom. The van der Waals surface area contributed by atoms with Crippen molar-refractivity contribution in [2.45, 2.75) is 13.0 Å². The molecule has 2 aromatic carbocycles. The van der Waals surface area contributed by atoms with E-state index in [0.29, 0.717) is 0 Å². The lowest BCUT2D eigenvalue weighted by atomic mass is 10.1. The number of hydrogen-bond donors (Lipinski definition) is 1. The van der Waals surface area contributed by atoms with Crippen LogP contribution in [0.5, 0.6) is 0 Å². The van der Waals surface area contributed by atoms with Crippen LogP contribution in [0.1, 0.15) is 18.5 Å². The van der Waals surface area contributed by atoms with Crippen LogP contribution in [0.2, 0.25) is 10.0 Å². The Morgan fingerprint density at radius 2 is 1.72 bits per heavy atom. The molecule has 1 N–H and O–H groups in total. The highest BCUT2D eigenvalue weighted by Crippen LogP contribution is 2.28. The largest absolute Gasteiger partial charge is 0.378 e. The van der Waals surface area contributed by atoms with E-state index in [9.17, 15) is 0 Å². The van der Waals surface area contributed by atoms with E-state index in [0.717, 1.165) is 25.8 Å². The first-order valence-electron chi connectivity index (χ1n) is 5.53. The average Bonchev–Trinajstić information content (AvgIpc) is 2.32. The third-order valence-electron chi connectivity index (χ3n) is 2.66. The molecule has 0 spiro atoms. The maximum Gasteiger partial charge on any atom is 0.0500 e. The molecular weight excluding hydrogens is 333 g/mol. The van der Waals surface area contributed by atoms with Gasteiger partial charge in [-0.2, -0.15) is 0 Å². The van der Waals surface area contributed by atoms with Crippen LogP contribution in [0, 0.1) is 0 Å². The van der Waals surface area contributed by atoms with Gasteiger partial charge in [-0.25, -0.2) is 0 Å². The van der Waals surface area contributed by atoms with Crippen molar-refractivity contribution in [3.63, 3.8) is 0 Å². The minimum atomic E-state index is 0.131. The highest BCUT2D eigenvalue weighted by Gasteiger charge is 2.09. The zero-order chi connectivity index (χ0) is 13.1. The zero-order valence-corrected chi connectivity index (χ0v) is 12.9. The van der Waals surface area contributed by atoms with E-state index in [1.807, 2.05) is 42.5 Å². The van der Waals surface area contributed by atoms with Gasteiger partial charge < -0.3 is 5.32 Å². The topological polar surface area (TPSA) is 12.0 Å². The average molecular weight is 345 g/mol. The molecule has 2 aromatic rings. The zero-order valence-electron chi connectivity index (χ0n) is 9.75. The van der Waals surface area contributed by atoms with E-state index in [2.05, 4.69) is 28.2 Å². The lowest BCUT2D eigenvalue weighted by molar-refractivity contribution is 0.885. The van der Waals surface area contributed by atoms with Crippen LogP contribution in [0.3, 0.4) is 0 Å². The molecule has 0 amide bonds. The van der Waals surface area contributed by atoms with Crippen LogP contribution < -0.4 is 5.32 Å². The van der Waals surface area contributed by atoms with Gasteiger partial charge in [0, 0.05) is 26.2 Å². The predicted molar refractivity (Wildman–Crippen MR) is 82.6 cm³/mol. The summed E-state index contributed by atoms with van der Waals surface area (Å²) >= 11 is 15.5. The molecule has 0 saturated carbocycles. The lowest BCUT2D eigenvalue weighted by Gasteiger charge is -2.17. The van der Waals surface area contributed by atoms with Gasteiger partial charge in [-0.1, -0.05) is 45.2 Å². The van der Waals surface area contributed by atoms with Crippen LogP contribution in [-0.2, 0) is 0 Å². The molecule has 0 heterocycles. The van der Waals surface area contributed by atoms with Gasteiger partial charge in [0.1, 0.15) is 0 Å². The molecule has 18 heavy (non-hydrogen) atoms. The second-order valence-corrected chi connectivity index (χ2v) is 5.80. The lowest BCUT2D eigenvalue weighted by Crippen LogP contribution is -2.06. The van der Waals surface area contributed by atoms with Crippen molar-refractivity contribution in [2.75, 3.05) is 5.32 Å². The fourth-order valence-electron chi connectivity index (χ4n) is 1.73. The van der Waals surface area contributed by atoms with Crippen molar-refractivity contribution >= 4 is 44.8 Å². The molecule has 0 aliphatic rings. The van der Waals surface area contributed by atoms with E-state index < -0.39 is 0 Å². The van der Waals surface area contributed by atoms with Crippen LogP contribution in [0.25, 0.3) is 0 Å². The summed E-state index contributed by atoms with van der Waals surface area (Å²) in [6.45, 7) is 2.07. The first-order chi connectivity index (χ1) is 8.56. The van der Waals surface area contributed by atoms with E-state index in [1.165, 1.54) is 0 Å². The van der Waals surface area contributed by atoms with Crippen molar-refractivity contribution in [1.82, 2.24) is 0 Å². The molecule has 2 rings (SSSR count). The van der Waals surface area contributed by atoms with Crippen molar-refractivity contribution in [3.8, 4) is 0 Å². The van der Waals surface area contributed by atoms with Crippen molar-refractivity contribution in [1.29, 1.82) is 0 Å². The summed E-state index contributed by atoms with van der Waals surface area (Å²) in [5.41, 5.74) is 2.08. The fourth-order valence-corrected chi connectivity index (χ4v) is 2.69. The van der Waals surface area contributed by atoms with E-state index in [1.54, 1.807) is 0 Å². The van der Waals surface area contributed by atoms with Gasteiger partial charge >= 0.3 is 0 Å². The van der Waals surface area contributed by atoms with Crippen molar-refractivity contribution < 1.29 is 0 Å². The number of nitrogens with one attached hydrogen (secondary N) is 1. The normalized spacial score (nSPS) is 12.2. The molecule has 0 saturated heterocycles. The number of benzene rings is 2. The van der Waals surface area contributed by atoms with Gasteiger partial charge in [0.05, 0.1) is 0 Å². The van der Waals surface area contributed by atoms with E-state index >= 15 is 0 Å². The summed E-state index contributed by atoms with van der Waals surface area (Å²) in [5.74, 6) is 0. The Labute approximate surface area is 125 Å². The Bertz CT molecular complexity index is 540. The summed E-state index contributed by atoms with van der Waals surface area (Å²) in [6, 6.07) is 13.7. The molecule has 0 radical (unpaired) electrons. The van der Waals surface area contributed by atoms with Gasteiger partial charge in [0.25, 0.3) is 0 Å². The number of halogens is 3. The summed E-state index contributed by atoms with van der Waals surface area (Å²) in [5, 5.41) is 4.87. The minimum Gasteiger partial charge on any atom is -0.378 e. The molecule has 0 bridgehead atoms. The summed E-state index contributed by atoms with van der Waals surface area (Å²) in [7, 11) is 0. The monoisotopic (exact) mass is 343 g/mol. The fraction of sp³-hybridized carbons (Fsp3) is 0.143. The van der Waals surface area contributed by atoms with Crippen LogP contribution >= 0.6 is 39.1 Å². The van der Waals surface area contributed by atoms with Crippen LogP contribution in [0.15, 0.2) is 46.9 Å². The summed E-state index contributed by atoms with van der Waals surface area (Å²) in [4.78, 5) is 0. The van der Waals surface area contributed by atoms with Crippen LogP contribution in [0.4, 0.5) is 5.69 Å². The number of hydrogen-bond acceptors (Lipinski definition) is 1. The van der Waals surface area contributed by atoms with Gasteiger partial charge in [-0.05, 0) is 48.9 Å². The van der Waals surface area contributed by atoms with Crippen molar-refractivity contribution in [3.05, 3.63) is 62.5 Å². The van der Waals surface area contributed by atoms with Gasteiger partial charge in [0.15, 0.2) is 0 Å². The molecule has 0 fully saturated rings. The molecule has 0 aromatic heterocycles. The van der Waals surface area contributed by atoms with Crippen LogP contribution in [-0.4, -0.2) is 0 Å². The number of rotatable bonds is 3. The highest BCUT2D eigenvalue weighted by atomic mass is 79.9. The maximum atomic E-state index is 6.22. The Balaban J connectivity index is 2.16. The smallest absolute Gasteiger partial charge is 0.0500 e. The SMILES string of the molecule is CC(Nc1ccc(Cl)cc1)c1ccc(Br)cc1Cl. The quantitative estimate of drug-likeness (QED) is 0.727. The summed E-state index contributed by atoms with van der Waals surface area (Å²) in [6.07, 6.45) is 0. The molecule has 4 heteroatoms.